The van der Waals surface area contributed by atoms with Crippen molar-refractivity contribution in [3.63, 3.8) is 0 Å². The highest BCUT2D eigenvalue weighted by atomic mass is 79.9. The van der Waals surface area contributed by atoms with Crippen molar-refractivity contribution in [2.24, 2.45) is 0 Å². The van der Waals surface area contributed by atoms with E-state index in [1.165, 1.54) is 4.90 Å². The van der Waals surface area contributed by atoms with Gasteiger partial charge >= 0.3 is 0 Å². The van der Waals surface area contributed by atoms with Crippen LogP contribution in [0.1, 0.15) is 12.8 Å². The van der Waals surface area contributed by atoms with Crippen molar-refractivity contribution in [2.75, 3.05) is 4.90 Å². The molecule has 0 spiro atoms. The molecule has 1 aromatic carbocycles. The molecule has 0 aromatic heterocycles. The van der Waals surface area contributed by atoms with Gasteiger partial charge in [-0.3, -0.25) is 14.5 Å². The number of carbonyl (C=O) groups is 2. The fourth-order valence-corrected chi connectivity index (χ4v) is 2.03. The summed E-state index contributed by atoms with van der Waals surface area (Å²) in [6, 6.07) is 7.32. The van der Waals surface area contributed by atoms with Crippen molar-refractivity contribution in [3.05, 3.63) is 28.7 Å². The molecule has 1 fully saturated rings. The van der Waals surface area contributed by atoms with E-state index in [1.54, 1.807) is 0 Å². The molecular formula is C11H10BrNO3. The Morgan fingerprint density at radius 3 is 2.69 bits per heavy atom. The largest absolute Gasteiger partial charge is 0.443 e. The zero-order chi connectivity index (χ0) is 11.5. The lowest BCUT2D eigenvalue weighted by Crippen LogP contribution is -2.34. The van der Waals surface area contributed by atoms with Crippen molar-refractivity contribution in [1.29, 1.82) is 0 Å². The number of hydrogen-bond acceptors (Lipinski definition) is 3. The number of hydrogen-bond donors (Lipinski definition) is 0. The van der Waals surface area contributed by atoms with E-state index in [1.807, 2.05) is 24.3 Å². The van der Waals surface area contributed by atoms with Crippen LogP contribution in [0.2, 0.25) is 0 Å². The Morgan fingerprint density at radius 1 is 1.38 bits per heavy atom. The Kier molecular flexibility index (Phi) is 3.24. The summed E-state index contributed by atoms with van der Waals surface area (Å²) in [5.74, 6) is -0.0193. The summed E-state index contributed by atoms with van der Waals surface area (Å²) in [7, 11) is 0. The minimum absolute atomic E-state index is 0.0193. The number of rotatable bonds is 3. The number of halogens is 1. The van der Waals surface area contributed by atoms with Gasteiger partial charge in [-0.1, -0.05) is 15.9 Å². The van der Waals surface area contributed by atoms with Crippen molar-refractivity contribution in [3.8, 4) is 0 Å². The Bertz CT molecular complexity index is 404. The SMILES string of the molecule is O=COC1CCC(=O)N1c1ccc(Br)cc1. The summed E-state index contributed by atoms with van der Waals surface area (Å²) in [4.78, 5) is 23.5. The van der Waals surface area contributed by atoms with Gasteiger partial charge in [-0.25, -0.2) is 0 Å². The van der Waals surface area contributed by atoms with Gasteiger partial charge in [0.05, 0.1) is 0 Å². The number of amides is 1. The molecule has 0 bridgehead atoms. The number of nitrogens with zero attached hydrogens (tertiary/aromatic N) is 1. The summed E-state index contributed by atoms with van der Waals surface area (Å²) < 4.78 is 5.82. The maximum absolute atomic E-state index is 11.7. The number of carbonyl (C=O) groups excluding carboxylic acids is 2. The highest BCUT2D eigenvalue weighted by Gasteiger charge is 2.33. The highest BCUT2D eigenvalue weighted by molar-refractivity contribution is 9.10. The van der Waals surface area contributed by atoms with Gasteiger partial charge in [0, 0.05) is 23.0 Å². The minimum Gasteiger partial charge on any atom is -0.443 e. The van der Waals surface area contributed by atoms with Gasteiger partial charge < -0.3 is 4.74 Å². The van der Waals surface area contributed by atoms with Crippen LogP contribution in [-0.2, 0) is 14.3 Å². The lowest BCUT2D eigenvalue weighted by Gasteiger charge is -2.22. The molecule has 0 saturated carbocycles. The highest BCUT2D eigenvalue weighted by Crippen LogP contribution is 2.27. The summed E-state index contributed by atoms with van der Waals surface area (Å²) in [5.41, 5.74) is 0.748. The standard InChI is InChI=1S/C11H10BrNO3/c12-8-1-3-9(4-2-8)13-10(15)5-6-11(13)16-7-14/h1-4,7,11H,5-6H2. The second-order valence-electron chi connectivity index (χ2n) is 3.47. The Balaban J connectivity index is 2.26. The van der Waals surface area contributed by atoms with Crippen molar-refractivity contribution < 1.29 is 14.3 Å². The molecule has 4 nitrogen and oxygen atoms in total. The summed E-state index contributed by atoms with van der Waals surface area (Å²) >= 11 is 3.32. The Labute approximate surface area is 101 Å². The van der Waals surface area contributed by atoms with Crippen LogP contribution in [-0.4, -0.2) is 18.6 Å². The van der Waals surface area contributed by atoms with Crippen LogP contribution in [0.5, 0.6) is 0 Å². The van der Waals surface area contributed by atoms with E-state index >= 15 is 0 Å². The lowest BCUT2D eigenvalue weighted by molar-refractivity contribution is -0.133. The van der Waals surface area contributed by atoms with Gasteiger partial charge in [-0.05, 0) is 24.3 Å². The van der Waals surface area contributed by atoms with E-state index in [0.717, 1.165) is 10.2 Å². The van der Waals surface area contributed by atoms with Crippen molar-refractivity contribution >= 4 is 34.0 Å². The van der Waals surface area contributed by atoms with Crippen LogP contribution in [0.25, 0.3) is 0 Å². The van der Waals surface area contributed by atoms with Crippen LogP contribution in [0, 0.1) is 0 Å². The predicted octanol–water partition coefficient (Wildman–Crippen LogP) is 2.08. The summed E-state index contributed by atoms with van der Waals surface area (Å²) in [6.45, 7) is 0.384. The van der Waals surface area contributed by atoms with Gasteiger partial charge in [0.15, 0.2) is 6.23 Å². The molecule has 1 aromatic rings. The number of anilines is 1. The van der Waals surface area contributed by atoms with Crippen LogP contribution >= 0.6 is 15.9 Å². The van der Waals surface area contributed by atoms with E-state index in [9.17, 15) is 9.59 Å². The molecule has 1 atom stereocenters. The van der Waals surface area contributed by atoms with Gasteiger partial charge in [-0.2, -0.15) is 0 Å². The molecule has 84 valence electrons. The fourth-order valence-electron chi connectivity index (χ4n) is 1.76. The predicted molar refractivity (Wildman–Crippen MR) is 61.8 cm³/mol. The lowest BCUT2D eigenvalue weighted by atomic mass is 10.3. The molecule has 1 unspecified atom stereocenters. The Hall–Kier alpha value is -1.36. The smallest absolute Gasteiger partial charge is 0.295 e. The summed E-state index contributed by atoms with van der Waals surface area (Å²) in [6.07, 6.45) is 0.494. The van der Waals surface area contributed by atoms with Crippen molar-refractivity contribution in [1.82, 2.24) is 0 Å². The molecule has 2 rings (SSSR count). The van der Waals surface area contributed by atoms with Crippen LogP contribution < -0.4 is 4.90 Å². The molecule has 1 amide bonds. The molecule has 0 aliphatic carbocycles. The zero-order valence-electron chi connectivity index (χ0n) is 8.43. The summed E-state index contributed by atoms with van der Waals surface area (Å²) in [5, 5.41) is 0. The fraction of sp³-hybridized carbons (Fsp3) is 0.273. The van der Waals surface area contributed by atoms with E-state index in [-0.39, 0.29) is 5.91 Å². The topological polar surface area (TPSA) is 46.6 Å². The quantitative estimate of drug-likeness (QED) is 0.798. The van der Waals surface area contributed by atoms with Gasteiger partial charge in [0.1, 0.15) is 0 Å². The zero-order valence-corrected chi connectivity index (χ0v) is 10.0. The first-order chi connectivity index (χ1) is 7.72. The number of ether oxygens (including phenoxy) is 1. The second kappa shape index (κ2) is 4.65. The molecule has 1 aliphatic heterocycles. The second-order valence-corrected chi connectivity index (χ2v) is 4.38. The van der Waals surface area contributed by atoms with Crippen LogP contribution in [0.3, 0.4) is 0 Å². The molecule has 16 heavy (non-hydrogen) atoms. The minimum atomic E-state index is -0.467. The van der Waals surface area contributed by atoms with E-state index in [4.69, 9.17) is 4.74 Å². The monoisotopic (exact) mass is 283 g/mol. The van der Waals surface area contributed by atoms with Gasteiger partial charge in [0.25, 0.3) is 6.47 Å². The Morgan fingerprint density at radius 2 is 2.06 bits per heavy atom. The van der Waals surface area contributed by atoms with Gasteiger partial charge in [0.2, 0.25) is 5.91 Å². The van der Waals surface area contributed by atoms with Crippen LogP contribution in [0.4, 0.5) is 5.69 Å². The first kappa shape index (κ1) is 11.1. The first-order valence-corrected chi connectivity index (χ1v) is 5.68. The maximum Gasteiger partial charge on any atom is 0.295 e. The molecule has 1 heterocycles. The normalized spacial score (nSPS) is 19.9. The molecular weight excluding hydrogens is 274 g/mol. The average Bonchev–Trinajstić information content (AvgIpc) is 2.62. The third-order valence-corrected chi connectivity index (χ3v) is 3.01. The molecule has 5 heteroatoms. The van der Waals surface area contributed by atoms with Gasteiger partial charge in [-0.15, -0.1) is 0 Å². The molecule has 1 aliphatic rings. The first-order valence-electron chi connectivity index (χ1n) is 4.89. The third-order valence-electron chi connectivity index (χ3n) is 2.48. The van der Waals surface area contributed by atoms with Crippen LogP contribution in [0.15, 0.2) is 28.7 Å². The molecule has 0 radical (unpaired) electrons. The maximum atomic E-state index is 11.7. The number of benzene rings is 1. The molecule has 0 N–H and O–H groups in total. The van der Waals surface area contributed by atoms with E-state index < -0.39 is 6.23 Å². The average molecular weight is 284 g/mol. The van der Waals surface area contributed by atoms with Crippen molar-refractivity contribution in [2.45, 2.75) is 19.1 Å². The third kappa shape index (κ3) is 2.09. The molecule has 1 saturated heterocycles. The van der Waals surface area contributed by atoms with E-state index in [2.05, 4.69) is 15.9 Å². The van der Waals surface area contributed by atoms with E-state index in [0.29, 0.717) is 19.3 Å².